The highest BCUT2D eigenvalue weighted by atomic mass is 16.3. The molecule has 1 heterocycles. The van der Waals surface area contributed by atoms with Gasteiger partial charge in [-0.3, -0.25) is 0 Å². The summed E-state index contributed by atoms with van der Waals surface area (Å²) in [6, 6.07) is 65.4. The van der Waals surface area contributed by atoms with Crippen LogP contribution in [0.2, 0.25) is 0 Å². The van der Waals surface area contributed by atoms with Crippen molar-refractivity contribution in [2.24, 2.45) is 0 Å². The van der Waals surface area contributed by atoms with Gasteiger partial charge in [-0.05, 0) is 81.6 Å². The van der Waals surface area contributed by atoms with Crippen LogP contribution in [0.5, 0.6) is 0 Å². The Balaban J connectivity index is 1.20. The highest BCUT2D eigenvalue weighted by Crippen LogP contribution is 2.48. The summed E-state index contributed by atoms with van der Waals surface area (Å²) in [5.41, 5.74) is 13.5. The van der Waals surface area contributed by atoms with Crippen LogP contribution in [-0.4, -0.2) is 0 Å². The van der Waals surface area contributed by atoms with E-state index in [0.29, 0.717) is 5.92 Å². The molecular weight excluding hydrogens is 655 g/mol. The van der Waals surface area contributed by atoms with Crippen molar-refractivity contribution < 1.29 is 4.42 Å². The lowest BCUT2D eigenvalue weighted by molar-refractivity contribution is 0.672. The molecule has 1 atom stereocenters. The molecule has 1 aliphatic carbocycles. The van der Waals surface area contributed by atoms with Gasteiger partial charge in [-0.25, -0.2) is 0 Å². The summed E-state index contributed by atoms with van der Waals surface area (Å²) in [5.74, 6) is 0.294. The van der Waals surface area contributed by atoms with Gasteiger partial charge in [0.15, 0.2) is 0 Å². The summed E-state index contributed by atoms with van der Waals surface area (Å²) < 4.78 is 6.86. The van der Waals surface area contributed by atoms with E-state index in [0.717, 1.165) is 61.9 Å². The molecule has 0 radical (unpaired) electrons. The van der Waals surface area contributed by atoms with Crippen LogP contribution >= 0.6 is 0 Å². The fraction of sp³-hybridized carbons (Fsp3) is 0.0385. The van der Waals surface area contributed by atoms with Gasteiger partial charge in [0.05, 0.1) is 16.8 Å². The Labute approximate surface area is 315 Å². The van der Waals surface area contributed by atoms with Gasteiger partial charge >= 0.3 is 0 Å². The third-order valence-corrected chi connectivity index (χ3v) is 10.8. The molecular formula is C52H37NO. The lowest BCUT2D eigenvalue weighted by Crippen LogP contribution is -2.11. The topological polar surface area (TPSA) is 16.4 Å². The summed E-state index contributed by atoms with van der Waals surface area (Å²) in [5, 5.41) is 4.63. The normalized spacial score (nSPS) is 13.9. The first-order valence-corrected chi connectivity index (χ1v) is 18.7. The fourth-order valence-corrected chi connectivity index (χ4v) is 8.19. The lowest BCUT2D eigenvalue weighted by Gasteiger charge is -2.29. The van der Waals surface area contributed by atoms with E-state index < -0.39 is 0 Å². The van der Waals surface area contributed by atoms with Crippen LogP contribution in [0.4, 0.5) is 17.1 Å². The maximum atomic E-state index is 6.86. The third kappa shape index (κ3) is 5.60. The van der Waals surface area contributed by atoms with E-state index in [-0.39, 0.29) is 0 Å². The molecule has 1 aromatic heterocycles. The number of anilines is 3. The summed E-state index contributed by atoms with van der Waals surface area (Å²) in [7, 11) is 0. The number of para-hydroxylation sites is 1. The number of nitrogens with zero attached hydrogens (tertiary/aromatic N) is 1. The average Bonchev–Trinajstić information content (AvgIpc) is 3.65. The zero-order valence-corrected chi connectivity index (χ0v) is 29.8. The fourth-order valence-electron chi connectivity index (χ4n) is 8.19. The maximum absolute atomic E-state index is 6.86. The number of rotatable bonds is 7. The third-order valence-electron chi connectivity index (χ3n) is 10.8. The number of allylic oxidation sites excluding steroid dienone is 4. The second-order valence-corrected chi connectivity index (χ2v) is 14.0. The van der Waals surface area contributed by atoms with Crippen LogP contribution in [0, 0.1) is 0 Å². The molecule has 8 aromatic carbocycles. The Morgan fingerprint density at radius 3 is 1.76 bits per heavy atom. The number of hydrogen-bond donors (Lipinski definition) is 0. The van der Waals surface area contributed by atoms with E-state index in [1.165, 1.54) is 33.2 Å². The molecule has 10 rings (SSSR count). The van der Waals surface area contributed by atoms with E-state index in [4.69, 9.17) is 4.42 Å². The van der Waals surface area contributed by atoms with Crippen LogP contribution in [0.15, 0.2) is 211 Å². The average molecular weight is 692 g/mol. The van der Waals surface area contributed by atoms with E-state index in [1.54, 1.807) is 0 Å². The zero-order chi connectivity index (χ0) is 35.8. The molecule has 9 aromatic rings. The number of benzene rings is 8. The van der Waals surface area contributed by atoms with Gasteiger partial charge in [-0.2, -0.15) is 0 Å². The molecule has 1 unspecified atom stereocenters. The first kappa shape index (κ1) is 31.8. The Bertz CT molecular complexity index is 2830. The van der Waals surface area contributed by atoms with Gasteiger partial charge < -0.3 is 9.32 Å². The van der Waals surface area contributed by atoms with Gasteiger partial charge in [0, 0.05) is 27.9 Å². The van der Waals surface area contributed by atoms with Gasteiger partial charge in [0.1, 0.15) is 11.2 Å². The van der Waals surface area contributed by atoms with Crippen molar-refractivity contribution in [1.29, 1.82) is 0 Å². The summed E-state index contributed by atoms with van der Waals surface area (Å²) in [6.45, 7) is 0. The van der Waals surface area contributed by atoms with Crippen LogP contribution in [-0.2, 0) is 0 Å². The number of hydrogen-bond acceptors (Lipinski definition) is 2. The quantitative estimate of drug-likeness (QED) is 0.165. The molecule has 2 nitrogen and oxygen atoms in total. The smallest absolute Gasteiger partial charge is 0.143 e. The van der Waals surface area contributed by atoms with Crippen molar-refractivity contribution in [2.75, 3.05) is 4.90 Å². The molecule has 0 N–H and O–H groups in total. The predicted molar refractivity (Wildman–Crippen MR) is 228 cm³/mol. The zero-order valence-electron chi connectivity index (χ0n) is 29.8. The molecule has 54 heavy (non-hydrogen) atoms. The largest absolute Gasteiger partial charge is 0.455 e. The van der Waals surface area contributed by atoms with Gasteiger partial charge in [0.2, 0.25) is 0 Å². The molecule has 0 amide bonds. The van der Waals surface area contributed by atoms with Crippen LogP contribution in [0.3, 0.4) is 0 Å². The molecule has 0 fully saturated rings. The number of fused-ring (bicyclic) bond motifs is 5. The first-order chi connectivity index (χ1) is 26.8. The Morgan fingerprint density at radius 2 is 1.06 bits per heavy atom. The van der Waals surface area contributed by atoms with Gasteiger partial charge in [-0.15, -0.1) is 0 Å². The van der Waals surface area contributed by atoms with Gasteiger partial charge in [0.25, 0.3) is 0 Å². The van der Waals surface area contributed by atoms with Gasteiger partial charge in [-0.1, -0.05) is 170 Å². The van der Waals surface area contributed by atoms with Crippen LogP contribution in [0.25, 0.3) is 66.1 Å². The Hall–Kier alpha value is -6.90. The highest BCUT2D eigenvalue weighted by Gasteiger charge is 2.24. The van der Waals surface area contributed by atoms with E-state index in [2.05, 4.69) is 211 Å². The minimum Gasteiger partial charge on any atom is -0.455 e. The predicted octanol–water partition coefficient (Wildman–Crippen LogP) is 14.8. The molecule has 0 aliphatic heterocycles. The van der Waals surface area contributed by atoms with Crippen molar-refractivity contribution in [3.05, 3.63) is 212 Å². The van der Waals surface area contributed by atoms with Crippen LogP contribution in [0.1, 0.15) is 17.9 Å². The van der Waals surface area contributed by atoms with E-state index >= 15 is 0 Å². The molecule has 0 saturated heterocycles. The summed E-state index contributed by atoms with van der Waals surface area (Å²) >= 11 is 0. The Morgan fingerprint density at radius 1 is 0.463 bits per heavy atom. The number of furan rings is 1. The molecule has 0 bridgehead atoms. The van der Waals surface area contributed by atoms with E-state index in [1.807, 2.05) is 0 Å². The van der Waals surface area contributed by atoms with Crippen molar-refractivity contribution in [3.63, 3.8) is 0 Å². The molecule has 0 saturated carbocycles. The minimum absolute atomic E-state index is 0.294. The van der Waals surface area contributed by atoms with Crippen LogP contribution < -0.4 is 4.90 Å². The van der Waals surface area contributed by atoms with Crippen molar-refractivity contribution in [1.82, 2.24) is 0 Å². The minimum atomic E-state index is 0.294. The van der Waals surface area contributed by atoms with Crippen molar-refractivity contribution in [3.8, 4) is 33.4 Å². The second kappa shape index (κ2) is 13.6. The molecule has 2 heteroatoms. The second-order valence-electron chi connectivity index (χ2n) is 14.0. The highest BCUT2D eigenvalue weighted by molar-refractivity contribution is 6.20. The SMILES string of the molecule is C1=CCC(c2cc3c(oc4cccc(N(c5ccc(-c6ccccc6)cc5)c5ccccc5-c5ccc(-c6ccccc6)cc5)c43)c3ccccc23)C=C1. The van der Waals surface area contributed by atoms with Crippen molar-refractivity contribution in [2.45, 2.75) is 12.3 Å². The summed E-state index contributed by atoms with van der Waals surface area (Å²) in [4.78, 5) is 2.42. The monoisotopic (exact) mass is 691 g/mol. The first-order valence-electron chi connectivity index (χ1n) is 18.7. The standard InChI is InChI=1S/C52H37NO/c1-4-15-36(16-5-1)38-27-29-41(30-28-38)43-21-12-13-24-48(43)53(42-33-31-39(32-34-42)37-17-6-2-7-18-37)49-25-14-26-50-51(49)47-35-46(40-19-8-3-9-20-40)44-22-10-11-23-45(44)52(47)54-50/h1-19,21-35,40H,20H2. The summed E-state index contributed by atoms with van der Waals surface area (Å²) in [6.07, 6.45) is 9.90. The van der Waals surface area contributed by atoms with E-state index in [9.17, 15) is 0 Å². The van der Waals surface area contributed by atoms with Crippen molar-refractivity contribution >= 4 is 49.8 Å². The maximum Gasteiger partial charge on any atom is 0.143 e. The lowest BCUT2D eigenvalue weighted by atomic mass is 9.87. The molecule has 0 spiro atoms. The molecule has 1 aliphatic rings. The Kier molecular flexibility index (Phi) is 8.00. The molecule has 256 valence electrons.